The Kier molecular flexibility index (Phi) is 8.86. The molecule has 2 atom stereocenters. The summed E-state index contributed by atoms with van der Waals surface area (Å²) in [6, 6.07) is 8.10. The number of aryl methyl sites for hydroxylation is 2. The van der Waals surface area contributed by atoms with Crippen LogP contribution in [0.3, 0.4) is 0 Å². The van der Waals surface area contributed by atoms with Crippen molar-refractivity contribution in [1.82, 2.24) is 39.6 Å². The van der Waals surface area contributed by atoms with E-state index in [1.807, 2.05) is 11.0 Å². The van der Waals surface area contributed by atoms with Crippen molar-refractivity contribution in [3.63, 3.8) is 0 Å². The average Bonchev–Trinajstić information content (AvgIpc) is 3.79. The van der Waals surface area contributed by atoms with Crippen LogP contribution in [0.4, 0.5) is 26.1 Å². The fraction of sp³-hybridized carbons (Fsp3) is 0.538. The van der Waals surface area contributed by atoms with Crippen LogP contribution in [0.15, 0.2) is 36.7 Å². The number of carboxylic acids is 1. The molecule has 2 unspecified atom stereocenters. The van der Waals surface area contributed by atoms with Crippen LogP contribution in [-0.4, -0.2) is 101 Å². The van der Waals surface area contributed by atoms with Crippen LogP contribution in [0.2, 0.25) is 0 Å². The van der Waals surface area contributed by atoms with Gasteiger partial charge < -0.3 is 19.8 Å². The zero-order valence-corrected chi connectivity index (χ0v) is 30.7. The number of rotatable bonds is 8. The number of hydrogen-bond donors (Lipinski definition) is 1. The highest BCUT2D eigenvalue weighted by Gasteiger charge is 2.47. The molecule has 1 aromatic carbocycles. The summed E-state index contributed by atoms with van der Waals surface area (Å²) in [6.07, 6.45) is 8.51. The molecule has 1 N–H and O–H groups in total. The summed E-state index contributed by atoms with van der Waals surface area (Å²) in [6.45, 7) is 6.23. The molecular weight excluding hydrogens is 694 g/mol. The third-order valence-electron chi connectivity index (χ3n) is 12.6. The number of halogens is 2. The number of piperidine rings is 2. The third kappa shape index (κ3) is 6.19. The molecule has 15 heteroatoms. The van der Waals surface area contributed by atoms with Gasteiger partial charge in [-0.3, -0.25) is 19.1 Å². The molecule has 6 aliphatic rings. The van der Waals surface area contributed by atoms with Crippen molar-refractivity contribution in [2.45, 2.75) is 89.4 Å². The first-order valence-corrected chi connectivity index (χ1v) is 19.3. The molecule has 8 heterocycles. The lowest BCUT2D eigenvalue weighted by Gasteiger charge is -2.56. The summed E-state index contributed by atoms with van der Waals surface area (Å²) in [4.78, 5) is 32.7. The second-order valence-corrected chi connectivity index (χ2v) is 15.8. The van der Waals surface area contributed by atoms with Crippen LogP contribution >= 0.6 is 0 Å². The van der Waals surface area contributed by atoms with Gasteiger partial charge in [0.2, 0.25) is 5.91 Å². The minimum absolute atomic E-state index is 0.00600. The molecule has 54 heavy (non-hydrogen) atoms. The minimum Gasteiger partial charge on any atom is -0.476 e. The maximum Gasteiger partial charge on any atom is 0.356 e. The van der Waals surface area contributed by atoms with Crippen LogP contribution in [0, 0.1) is 5.92 Å². The number of benzene rings is 1. The number of carbonyl (C=O) groups is 2. The van der Waals surface area contributed by atoms with Gasteiger partial charge >= 0.3 is 5.97 Å². The van der Waals surface area contributed by atoms with Gasteiger partial charge in [0.25, 0.3) is 6.43 Å². The van der Waals surface area contributed by atoms with Gasteiger partial charge in [-0.1, -0.05) is 0 Å². The van der Waals surface area contributed by atoms with Crippen LogP contribution < -0.4 is 9.80 Å². The number of aromatic carboxylic acids is 1. The van der Waals surface area contributed by atoms with Gasteiger partial charge in [-0.25, -0.2) is 13.6 Å². The number of anilines is 3. The summed E-state index contributed by atoms with van der Waals surface area (Å²) < 4.78 is 33.3. The van der Waals surface area contributed by atoms with Crippen molar-refractivity contribution in [2.75, 3.05) is 42.5 Å². The number of nitrogens with zero attached hydrogens (tertiary/aromatic N) is 10. The fourth-order valence-corrected chi connectivity index (χ4v) is 9.76. The van der Waals surface area contributed by atoms with Crippen molar-refractivity contribution in [1.29, 1.82) is 0 Å². The van der Waals surface area contributed by atoms with Crippen molar-refractivity contribution < 1.29 is 23.5 Å². The largest absolute Gasteiger partial charge is 0.476 e. The molecule has 1 aliphatic carbocycles. The van der Waals surface area contributed by atoms with Gasteiger partial charge in [-0.2, -0.15) is 10.2 Å². The summed E-state index contributed by atoms with van der Waals surface area (Å²) >= 11 is 0. The number of alkyl halides is 2. The second kappa shape index (κ2) is 13.7. The van der Waals surface area contributed by atoms with Crippen molar-refractivity contribution in [3.8, 4) is 11.1 Å². The smallest absolute Gasteiger partial charge is 0.356 e. The molecule has 4 aromatic rings. The number of hydrogen-bond acceptors (Lipinski definition) is 9. The molecule has 2 bridgehead atoms. The Labute approximate surface area is 312 Å². The van der Waals surface area contributed by atoms with E-state index in [0.29, 0.717) is 48.8 Å². The Morgan fingerprint density at radius 1 is 0.981 bits per heavy atom. The first-order valence-electron chi connectivity index (χ1n) is 19.3. The van der Waals surface area contributed by atoms with E-state index in [9.17, 15) is 18.4 Å². The Hall–Kier alpha value is -4.92. The van der Waals surface area contributed by atoms with Gasteiger partial charge in [0.05, 0.1) is 18.8 Å². The highest BCUT2D eigenvalue weighted by Crippen LogP contribution is 2.47. The lowest BCUT2D eigenvalue weighted by molar-refractivity contribution is -0.129. The Morgan fingerprint density at radius 3 is 2.43 bits per heavy atom. The molecule has 0 spiro atoms. The molecule has 0 radical (unpaired) electrons. The first kappa shape index (κ1) is 34.8. The minimum atomic E-state index is -2.65. The molecule has 1 amide bonds. The molecule has 1 saturated carbocycles. The number of aromatic nitrogens is 6. The topological polar surface area (TPSA) is 129 Å². The van der Waals surface area contributed by atoms with Crippen molar-refractivity contribution in [2.24, 2.45) is 13.0 Å². The molecule has 284 valence electrons. The molecule has 4 fully saturated rings. The monoisotopic (exact) mass is 740 g/mol. The van der Waals surface area contributed by atoms with E-state index in [0.717, 1.165) is 93.0 Å². The van der Waals surface area contributed by atoms with Crippen molar-refractivity contribution in [3.05, 3.63) is 64.7 Å². The zero-order chi connectivity index (χ0) is 37.2. The SMILES string of the molecule is CC(=O)N1CCc2c(c(N3CCCc4cc(-c5cnn(C)c5)c(C(F)F)cc43)nn2C2CC3CC(C2)N3CC2CCN(c3ccc(C(=O)O)nn3)CC2)C1. The Balaban J connectivity index is 0.939. The van der Waals surface area contributed by atoms with Crippen molar-refractivity contribution >= 4 is 29.2 Å². The molecule has 10 rings (SSSR count). The highest BCUT2D eigenvalue weighted by molar-refractivity contribution is 5.85. The number of carboxylic acid groups (broad SMARTS) is 1. The number of carbonyl (C=O) groups excluding carboxylic acids is 1. The first-order chi connectivity index (χ1) is 26.1. The van der Waals surface area contributed by atoms with Crippen LogP contribution in [0.1, 0.15) is 90.8 Å². The molecule has 5 aliphatic heterocycles. The van der Waals surface area contributed by atoms with Gasteiger partial charge in [0.15, 0.2) is 17.3 Å². The summed E-state index contributed by atoms with van der Waals surface area (Å²) in [5, 5.41) is 26.8. The van der Waals surface area contributed by atoms with Gasteiger partial charge in [0.1, 0.15) is 0 Å². The molecule has 3 aromatic heterocycles. The summed E-state index contributed by atoms with van der Waals surface area (Å²) in [5.74, 6) is 1.08. The van der Waals surface area contributed by atoms with Crippen LogP contribution in [-0.2, 0) is 31.2 Å². The number of amides is 1. The van der Waals surface area contributed by atoms with E-state index in [-0.39, 0.29) is 23.2 Å². The Bertz CT molecular complexity index is 2060. The lowest BCUT2D eigenvalue weighted by Crippen LogP contribution is -2.62. The number of fused-ring (bicyclic) bond motifs is 4. The van der Waals surface area contributed by atoms with Gasteiger partial charge in [-0.15, -0.1) is 10.2 Å². The van der Waals surface area contributed by atoms with E-state index in [2.05, 4.69) is 34.7 Å². The second-order valence-electron chi connectivity index (χ2n) is 15.8. The van der Waals surface area contributed by atoms with E-state index >= 15 is 0 Å². The average molecular weight is 741 g/mol. The van der Waals surface area contributed by atoms with E-state index in [4.69, 9.17) is 10.2 Å². The summed E-state index contributed by atoms with van der Waals surface area (Å²) in [7, 11) is 1.79. The predicted molar refractivity (Wildman–Crippen MR) is 197 cm³/mol. The Morgan fingerprint density at radius 2 is 1.76 bits per heavy atom. The van der Waals surface area contributed by atoms with E-state index < -0.39 is 12.4 Å². The molecular formula is C39H46F2N10O3. The standard InChI is InChI=1S/C39H46F2N10O3/c1-23(52)48-13-9-34-32(22-48)38(49-10-3-4-25-14-30(26-19-42-46(2)21-26)31(37(40)41)18-35(25)49)45-51(34)29-16-27-15-28(17-29)50(27)20-24-7-11-47(12-8-24)36-6-5-33(39(53)54)43-44-36/h5-6,14,18-19,21,24,27-29,37H,3-4,7-13,15-17,20,22H2,1-2H3,(H,53,54). The molecule has 13 nitrogen and oxygen atoms in total. The summed E-state index contributed by atoms with van der Waals surface area (Å²) in [5.41, 5.74) is 5.19. The van der Waals surface area contributed by atoms with Crippen LogP contribution in [0.5, 0.6) is 0 Å². The lowest BCUT2D eigenvalue weighted by atomic mass is 9.75. The maximum atomic E-state index is 14.7. The third-order valence-corrected chi connectivity index (χ3v) is 12.6. The normalized spacial score (nSPS) is 23.0. The van der Waals surface area contributed by atoms with E-state index in [1.165, 1.54) is 18.2 Å². The van der Waals surface area contributed by atoms with E-state index in [1.54, 1.807) is 43.2 Å². The maximum absolute atomic E-state index is 14.7. The van der Waals surface area contributed by atoms with Crippen LogP contribution in [0.25, 0.3) is 11.1 Å². The quantitative estimate of drug-likeness (QED) is 0.251. The van der Waals surface area contributed by atoms with Gasteiger partial charge in [0, 0.05) is 99.5 Å². The molecule has 3 saturated heterocycles. The predicted octanol–water partition coefficient (Wildman–Crippen LogP) is 5.39. The zero-order valence-electron chi connectivity index (χ0n) is 30.7. The fourth-order valence-electron chi connectivity index (χ4n) is 9.76. The highest BCUT2D eigenvalue weighted by atomic mass is 19.3. The van der Waals surface area contributed by atoms with Gasteiger partial charge in [-0.05, 0) is 86.3 Å².